The summed E-state index contributed by atoms with van der Waals surface area (Å²) in [4.78, 5) is 0. The quantitative estimate of drug-likeness (QED) is 0.880. The van der Waals surface area contributed by atoms with Crippen LogP contribution >= 0.6 is 15.9 Å². The van der Waals surface area contributed by atoms with Crippen molar-refractivity contribution in [1.29, 1.82) is 0 Å². The van der Waals surface area contributed by atoms with E-state index in [0.717, 1.165) is 11.3 Å². The van der Waals surface area contributed by atoms with E-state index >= 15 is 0 Å². The third-order valence-electron chi connectivity index (χ3n) is 1.83. The zero-order valence-corrected chi connectivity index (χ0v) is 8.32. The van der Waals surface area contributed by atoms with Gasteiger partial charge in [-0.1, -0.05) is 0 Å². The number of hydrogen-bond donors (Lipinski definition) is 1. The molecule has 3 nitrogen and oxygen atoms in total. The van der Waals surface area contributed by atoms with Gasteiger partial charge in [0.2, 0.25) is 0 Å². The molecule has 0 bridgehead atoms. The van der Waals surface area contributed by atoms with E-state index in [1.54, 1.807) is 12.5 Å². The third kappa shape index (κ3) is 1.55. The fourth-order valence-electron chi connectivity index (χ4n) is 1.15. The highest BCUT2D eigenvalue weighted by Gasteiger charge is 2.16. The Hall–Kier alpha value is -1.00. The van der Waals surface area contributed by atoms with Crippen LogP contribution in [0.25, 0.3) is 0 Å². The topological polar surface area (TPSA) is 52.3 Å². The van der Waals surface area contributed by atoms with Crippen LogP contribution in [-0.4, -0.2) is 0 Å². The monoisotopic (exact) mass is 241 g/mol. The van der Waals surface area contributed by atoms with E-state index in [1.165, 1.54) is 0 Å². The summed E-state index contributed by atoms with van der Waals surface area (Å²) in [6.45, 7) is 0. The Labute approximate surface area is 83.6 Å². The average molecular weight is 242 g/mol. The van der Waals surface area contributed by atoms with Gasteiger partial charge < -0.3 is 14.6 Å². The molecule has 2 rings (SSSR count). The second-order valence-electron chi connectivity index (χ2n) is 2.64. The van der Waals surface area contributed by atoms with Gasteiger partial charge in [-0.15, -0.1) is 0 Å². The maximum atomic E-state index is 5.92. The van der Waals surface area contributed by atoms with E-state index in [-0.39, 0.29) is 6.04 Å². The first-order valence-corrected chi connectivity index (χ1v) is 4.60. The zero-order valence-electron chi connectivity index (χ0n) is 6.74. The Morgan fingerprint density at radius 3 is 2.62 bits per heavy atom. The molecule has 0 fully saturated rings. The fraction of sp³-hybridized carbons (Fsp3) is 0.111. The number of hydrogen-bond acceptors (Lipinski definition) is 3. The lowest BCUT2D eigenvalue weighted by atomic mass is 10.1. The highest BCUT2D eigenvalue weighted by atomic mass is 79.9. The Morgan fingerprint density at radius 2 is 2.08 bits per heavy atom. The van der Waals surface area contributed by atoms with Gasteiger partial charge in [-0.3, -0.25) is 0 Å². The van der Waals surface area contributed by atoms with E-state index in [1.807, 2.05) is 18.2 Å². The molecular weight excluding hydrogens is 234 g/mol. The lowest BCUT2D eigenvalue weighted by Gasteiger charge is -2.05. The average Bonchev–Trinajstić information content (AvgIpc) is 2.72. The van der Waals surface area contributed by atoms with Crippen molar-refractivity contribution < 1.29 is 8.83 Å². The largest absolute Gasteiger partial charge is 0.467 e. The molecule has 0 saturated heterocycles. The lowest BCUT2D eigenvalue weighted by Crippen LogP contribution is -2.10. The van der Waals surface area contributed by atoms with Crippen molar-refractivity contribution in [2.45, 2.75) is 6.04 Å². The van der Waals surface area contributed by atoms with Gasteiger partial charge in [0.15, 0.2) is 4.67 Å². The summed E-state index contributed by atoms with van der Waals surface area (Å²) >= 11 is 3.26. The van der Waals surface area contributed by atoms with Crippen LogP contribution < -0.4 is 5.73 Å². The predicted octanol–water partition coefficient (Wildman–Crippen LogP) is 2.68. The van der Waals surface area contributed by atoms with E-state index in [2.05, 4.69) is 15.9 Å². The molecule has 0 aliphatic rings. The Balaban J connectivity index is 2.33. The van der Waals surface area contributed by atoms with Gasteiger partial charge >= 0.3 is 0 Å². The molecule has 0 aromatic carbocycles. The maximum absolute atomic E-state index is 5.92. The molecule has 0 amide bonds. The van der Waals surface area contributed by atoms with E-state index < -0.39 is 0 Å². The van der Waals surface area contributed by atoms with E-state index in [4.69, 9.17) is 14.6 Å². The first kappa shape index (κ1) is 8.59. The van der Waals surface area contributed by atoms with Crippen LogP contribution in [0.2, 0.25) is 0 Å². The van der Waals surface area contributed by atoms with Crippen molar-refractivity contribution in [1.82, 2.24) is 0 Å². The molecule has 0 saturated carbocycles. The second-order valence-corrected chi connectivity index (χ2v) is 3.36. The van der Waals surface area contributed by atoms with Crippen molar-refractivity contribution in [2.75, 3.05) is 0 Å². The molecule has 1 unspecified atom stereocenters. The second kappa shape index (κ2) is 3.40. The summed E-state index contributed by atoms with van der Waals surface area (Å²) in [5.41, 5.74) is 6.81. The molecule has 2 aromatic heterocycles. The van der Waals surface area contributed by atoms with E-state index in [0.29, 0.717) is 4.67 Å². The molecule has 2 aromatic rings. The van der Waals surface area contributed by atoms with Crippen molar-refractivity contribution in [3.8, 4) is 0 Å². The number of nitrogens with two attached hydrogens (primary N) is 1. The predicted molar refractivity (Wildman–Crippen MR) is 51.1 cm³/mol. The summed E-state index contributed by atoms with van der Waals surface area (Å²) in [7, 11) is 0. The van der Waals surface area contributed by atoms with Crippen LogP contribution in [0.3, 0.4) is 0 Å². The molecule has 0 spiro atoms. The van der Waals surface area contributed by atoms with E-state index in [9.17, 15) is 0 Å². The first-order valence-electron chi connectivity index (χ1n) is 3.81. The molecule has 0 aliphatic heterocycles. The minimum Gasteiger partial charge on any atom is -0.467 e. The normalized spacial score (nSPS) is 13.1. The van der Waals surface area contributed by atoms with Gasteiger partial charge in [-0.2, -0.15) is 0 Å². The SMILES string of the molecule is NC(c1ccco1)c1ccoc1Br. The van der Waals surface area contributed by atoms with Crippen LogP contribution in [0, 0.1) is 0 Å². The molecule has 13 heavy (non-hydrogen) atoms. The van der Waals surface area contributed by atoms with Gasteiger partial charge in [-0.05, 0) is 34.1 Å². The highest BCUT2D eigenvalue weighted by molar-refractivity contribution is 9.10. The van der Waals surface area contributed by atoms with Gasteiger partial charge in [0.1, 0.15) is 5.76 Å². The zero-order chi connectivity index (χ0) is 9.26. The van der Waals surface area contributed by atoms with Crippen molar-refractivity contribution in [3.05, 3.63) is 46.7 Å². The van der Waals surface area contributed by atoms with Crippen LogP contribution in [0.15, 0.2) is 44.2 Å². The Morgan fingerprint density at radius 1 is 1.23 bits per heavy atom. The first-order chi connectivity index (χ1) is 6.29. The maximum Gasteiger partial charge on any atom is 0.174 e. The van der Waals surface area contributed by atoms with Crippen LogP contribution in [0.1, 0.15) is 17.4 Å². The third-order valence-corrected chi connectivity index (χ3v) is 2.48. The molecular formula is C9H8BrNO2. The standard InChI is InChI=1S/C9H8BrNO2/c10-9-6(3-5-13-9)8(11)7-2-1-4-12-7/h1-5,8H,11H2. The van der Waals surface area contributed by atoms with Crippen LogP contribution in [-0.2, 0) is 0 Å². The van der Waals surface area contributed by atoms with Crippen LogP contribution in [0.4, 0.5) is 0 Å². The van der Waals surface area contributed by atoms with Gasteiger partial charge in [-0.25, -0.2) is 0 Å². The molecule has 2 N–H and O–H groups in total. The minimum absolute atomic E-state index is 0.275. The summed E-state index contributed by atoms with van der Waals surface area (Å²) in [5, 5.41) is 0. The number of halogens is 1. The highest BCUT2D eigenvalue weighted by Crippen LogP contribution is 2.27. The fourth-order valence-corrected chi connectivity index (χ4v) is 1.63. The summed E-state index contributed by atoms with van der Waals surface area (Å²) in [6, 6.07) is 5.19. The molecule has 0 aliphatic carbocycles. The van der Waals surface area contributed by atoms with Crippen LogP contribution in [0.5, 0.6) is 0 Å². The van der Waals surface area contributed by atoms with Gasteiger partial charge in [0, 0.05) is 5.56 Å². The smallest absolute Gasteiger partial charge is 0.174 e. The summed E-state index contributed by atoms with van der Waals surface area (Å²) < 4.78 is 10.9. The van der Waals surface area contributed by atoms with Crippen molar-refractivity contribution >= 4 is 15.9 Å². The summed E-state index contributed by atoms with van der Waals surface area (Å²) in [6.07, 6.45) is 3.19. The molecule has 2 heterocycles. The molecule has 68 valence electrons. The number of rotatable bonds is 2. The molecule has 0 radical (unpaired) electrons. The summed E-state index contributed by atoms with van der Waals surface area (Å²) in [5.74, 6) is 0.724. The Kier molecular flexibility index (Phi) is 2.24. The van der Waals surface area contributed by atoms with Crippen molar-refractivity contribution in [3.63, 3.8) is 0 Å². The molecule has 1 atom stereocenters. The Bertz CT molecular complexity index is 380. The molecule has 4 heteroatoms. The van der Waals surface area contributed by atoms with Gasteiger partial charge in [0.05, 0.1) is 18.6 Å². The lowest BCUT2D eigenvalue weighted by molar-refractivity contribution is 0.482. The van der Waals surface area contributed by atoms with Crippen molar-refractivity contribution in [2.24, 2.45) is 5.73 Å². The van der Waals surface area contributed by atoms with Gasteiger partial charge in [0.25, 0.3) is 0 Å². The number of furan rings is 2. The minimum atomic E-state index is -0.275.